The van der Waals surface area contributed by atoms with Crippen LogP contribution in [-0.2, 0) is 9.59 Å². The summed E-state index contributed by atoms with van der Waals surface area (Å²) < 4.78 is 11.2. The first-order valence-electron chi connectivity index (χ1n) is 9.53. The third kappa shape index (κ3) is 2.72. The van der Waals surface area contributed by atoms with Crippen LogP contribution in [-0.4, -0.2) is 48.2 Å². The van der Waals surface area contributed by atoms with Gasteiger partial charge in [-0.05, 0) is 54.7 Å². The maximum absolute atomic E-state index is 12.9. The number of ether oxygens (including phenoxy) is 2. The van der Waals surface area contributed by atoms with Crippen molar-refractivity contribution < 1.29 is 24.2 Å². The molecule has 4 atom stereocenters. The third-order valence-corrected chi connectivity index (χ3v) is 6.32. The number of nitrogens with zero attached hydrogens (tertiary/aromatic N) is 1. The number of amides is 1. The normalized spacial score (nSPS) is 32.4. The fourth-order valence-electron chi connectivity index (χ4n) is 4.63. The highest BCUT2D eigenvalue weighted by molar-refractivity contribution is 5.84. The van der Waals surface area contributed by atoms with Crippen LogP contribution in [0.3, 0.4) is 0 Å². The number of carboxylic acids is 1. The molecule has 1 N–H and O–H groups in total. The first-order chi connectivity index (χ1) is 12.6. The van der Waals surface area contributed by atoms with Gasteiger partial charge in [-0.3, -0.25) is 9.59 Å². The zero-order valence-corrected chi connectivity index (χ0v) is 14.6. The van der Waals surface area contributed by atoms with Crippen LogP contribution >= 0.6 is 0 Å². The van der Waals surface area contributed by atoms with E-state index in [0.29, 0.717) is 32.2 Å². The molecule has 3 fully saturated rings. The van der Waals surface area contributed by atoms with E-state index in [1.54, 1.807) is 0 Å². The molecule has 1 aromatic rings. The molecule has 2 heterocycles. The summed E-state index contributed by atoms with van der Waals surface area (Å²) in [6.45, 7) is 2.11. The van der Waals surface area contributed by atoms with Crippen molar-refractivity contribution in [2.45, 2.75) is 25.2 Å². The maximum Gasteiger partial charge on any atom is 0.308 e. The van der Waals surface area contributed by atoms with Gasteiger partial charge in [-0.1, -0.05) is 6.07 Å². The Morgan fingerprint density at radius 3 is 2.54 bits per heavy atom. The molecule has 2 unspecified atom stereocenters. The number of carbonyl (C=O) groups excluding carboxylic acids is 1. The van der Waals surface area contributed by atoms with Crippen LogP contribution in [0.25, 0.3) is 0 Å². The van der Waals surface area contributed by atoms with Crippen molar-refractivity contribution in [1.82, 2.24) is 4.90 Å². The number of carbonyl (C=O) groups is 2. The monoisotopic (exact) mass is 357 g/mol. The lowest BCUT2D eigenvalue weighted by Gasteiger charge is -2.19. The van der Waals surface area contributed by atoms with Gasteiger partial charge in [0, 0.05) is 19.0 Å². The first-order valence-corrected chi connectivity index (χ1v) is 9.53. The van der Waals surface area contributed by atoms with Crippen LogP contribution in [0.2, 0.25) is 0 Å². The molecule has 1 amide bonds. The maximum atomic E-state index is 12.9. The number of hydrogen-bond donors (Lipinski definition) is 1. The molecule has 138 valence electrons. The van der Waals surface area contributed by atoms with Gasteiger partial charge < -0.3 is 19.5 Å². The lowest BCUT2D eigenvalue weighted by atomic mass is 9.92. The molecule has 2 aliphatic heterocycles. The van der Waals surface area contributed by atoms with Gasteiger partial charge in [0.2, 0.25) is 5.91 Å². The Balaban J connectivity index is 1.27. The quantitative estimate of drug-likeness (QED) is 0.893. The molecule has 0 bridgehead atoms. The lowest BCUT2D eigenvalue weighted by molar-refractivity contribution is -0.142. The van der Waals surface area contributed by atoms with Gasteiger partial charge in [0.15, 0.2) is 11.5 Å². The number of rotatable bonds is 4. The van der Waals surface area contributed by atoms with Crippen LogP contribution < -0.4 is 9.47 Å². The van der Waals surface area contributed by atoms with Crippen LogP contribution in [0, 0.1) is 23.7 Å². The highest BCUT2D eigenvalue weighted by Crippen LogP contribution is 2.51. The van der Waals surface area contributed by atoms with E-state index < -0.39 is 11.9 Å². The molecular formula is C20H23NO5. The highest BCUT2D eigenvalue weighted by Gasteiger charge is 2.51. The van der Waals surface area contributed by atoms with E-state index in [-0.39, 0.29) is 23.7 Å². The second kappa shape index (κ2) is 5.89. The summed E-state index contributed by atoms with van der Waals surface area (Å²) in [5, 5.41) is 9.49. The molecule has 26 heavy (non-hydrogen) atoms. The average molecular weight is 357 g/mol. The van der Waals surface area contributed by atoms with Crippen LogP contribution in [0.4, 0.5) is 0 Å². The van der Waals surface area contributed by atoms with Gasteiger partial charge >= 0.3 is 5.97 Å². The molecule has 0 radical (unpaired) electrons. The second-order valence-corrected chi connectivity index (χ2v) is 8.04. The van der Waals surface area contributed by atoms with Crippen molar-refractivity contribution in [3.05, 3.63) is 23.8 Å². The summed E-state index contributed by atoms with van der Waals surface area (Å²) in [4.78, 5) is 26.3. The summed E-state index contributed by atoms with van der Waals surface area (Å²) in [7, 11) is 0. The molecule has 2 saturated carbocycles. The van der Waals surface area contributed by atoms with Gasteiger partial charge in [-0.2, -0.15) is 0 Å². The predicted molar refractivity (Wildman–Crippen MR) is 92.2 cm³/mol. The SMILES string of the molecule is O=C(O)[C@H]1CN(C(=O)C2CC2c2ccc3c(c2)OCCO3)C[C@@H]1C1CC1. The van der Waals surface area contributed by atoms with E-state index in [1.165, 1.54) is 0 Å². The molecule has 6 heteroatoms. The van der Waals surface area contributed by atoms with Gasteiger partial charge in [0.05, 0.1) is 5.92 Å². The van der Waals surface area contributed by atoms with Crippen LogP contribution in [0.1, 0.15) is 30.7 Å². The second-order valence-electron chi connectivity index (χ2n) is 8.04. The lowest BCUT2D eigenvalue weighted by Crippen LogP contribution is -2.31. The van der Waals surface area contributed by atoms with Crippen molar-refractivity contribution in [3.63, 3.8) is 0 Å². The van der Waals surface area contributed by atoms with Crippen molar-refractivity contribution in [2.75, 3.05) is 26.3 Å². The largest absolute Gasteiger partial charge is 0.486 e. The Labute approximate surface area is 152 Å². The van der Waals surface area contributed by atoms with Crippen molar-refractivity contribution in [1.29, 1.82) is 0 Å². The topological polar surface area (TPSA) is 76.1 Å². The van der Waals surface area contributed by atoms with Gasteiger partial charge in [0.25, 0.3) is 0 Å². The Morgan fingerprint density at radius 1 is 1.04 bits per heavy atom. The third-order valence-electron chi connectivity index (χ3n) is 6.32. The molecule has 4 aliphatic rings. The molecule has 0 spiro atoms. The minimum atomic E-state index is -0.753. The Morgan fingerprint density at radius 2 is 1.81 bits per heavy atom. The van der Waals surface area contributed by atoms with Gasteiger partial charge in [-0.25, -0.2) is 0 Å². The van der Waals surface area contributed by atoms with Gasteiger partial charge in [0.1, 0.15) is 13.2 Å². The summed E-state index contributed by atoms with van der Waals surface area (Å²) in [5.41, 5.74) is 1.11. The first kappa shape index (κ1) is 16.0. The van der Waals surface area contributed by atoms with Crippen molar-refractivity contribution >= 4 is 11.9 Å². The molecule has 6 nitrogen and oxygen atoms in total. The Bertz CT molecular complexity index is 759. The summed E-state index contributed by atoms with van der Waals surface area (Å²) >= 11 is 0. The van der Waals surface area contributed by atoms with E-state index >= 15 is 0 Å². The summed E-state index contributed by atoms with van der Waals surface area (Å²) in [6.07, 6.45) is 3.06. The highest BCUT2D eigenvalue weighted by atomic mass is 16.6. The zero-order chi connectivity index (χ0) is 17.8. The number of hydrogen-bond acceptors (Lipinski definition) is 4. The molecular weight excluding hydrogens is 334 g/mol. The van der Waals surface area contributed by atoms with E-state index in [0.717, 1.165) is 36.3 Å². The van der Waals surface area contributed by atoms with E-state index in [4.69, 9.17) is 9.47 Å². The number of aliphatic carboxylic acids is 1. The summed E-state index contributed by atoms with van der Waals surface area (Å²) in [5.74, 6) is 1.33. The number of benzene rings is 1. The smallest absolute Gasteiger partial charge is 0.308 e. The molecule has 5 rings (SSSR count). The zero-order valence-electron chi connectivity index (χ0n) is 14.6. The van der Waals surface area contributed by atoms with E-state index in [1.807, 2.05) is 23.1 Å². The molecule has 1 aromatic carbocycles. The van der Waals surface area contributed by atoms with Crippen molar-refractivity contribution in [2.24, 2.45) is 23.7 Å². The fraction of sp³-hybridized carbons (Fsp3) is 0.600. The van der Waals surface area contributed by atoms with Gasteiger partial charge in [-0.15, -0.1) is 0 Å². The number of likely N-dealkylation sites (tertiary alicyclic amines) is 1. The van der Waals surface area contributed by atoms with Crippen molar-refractivity contribution in [3.8, 4) is 11.5 Å². The van der Waals surface area contributed by atoms with Crippen LogP contribution in [0.5, 0.6) is 11.5 Å². The minimum absolute atomic E-state index is 0.0232. The van der Waals surface area contributed by atoms with E-state index in [2.05, 4.69) is 0 Å². The Kier molecular flexibility index (Phi) is 3.62. The number of fused-ring (bicyclic) bond motifs is 1. The minimum Gasteiger partial charge on any atom is -0.486 e. The fourth-order valence-corrected chi connectivity index (χ4v) is 4.63. The molecule has 1 saturated heterocycles. The van der Waals surface area contributed by atoms with Crippen LogP contribution in [0.15, 0.2) is 18.2 Å². The van der Waals surface area contributed by atoms with E-state index in [9.17, 15) is 14.7 Å². The molecule has 2 aliphatic carbocycles. The predicted octanol–water partition coefficient (Wildman–Crippen LogP) is 2.13. The Hall–Kier alpha value is -2.24. The molecule has 0 aromatic heterocycles. The number of carboxylic acid groups (broad SMARTS) is 1. The standard InChI is InChI=1S/C20H23NO5/c22-19(21-9-15(11-1-2-11)16(10-21)20(23)24)14-8-13(14)12-3-4-17-18(7-12)26-6-5-25-17/h3-4,7,11,13-16H,1-2,5-6,8-10H2,(H,23,24)/t13?,14?,15-,16+/m1/s1. The average Bonchev–Trinajstić information content (AvgIpc) is 3.57. The summed E-state index contributed by atoms with van der Waals surface area (Å²) in [6, 6.07) is 5.93.